The molecule has 0 N–H and O–H groups in total. The molecule has 4 rings (SSSR count). The summed E-state index contributed by atoms with van der Waals surface area (Å²) in [6.45, 7) is 0. The van der Waals surface area contributed by atoms with Crippen molar-refractivity contribution in [1.29, 1.82) is 5.26 Å². The van der Waals surface area contributed by atoms with Gasteiger partial charge in [0.25, 0.3) is 0 Å². The molecule has 1 unspecified atom stereocenters. The van der Waals surface area contributed by atoms with Crippen molar-refractivity contribution in [1.82, 2.24) is 14.5 Å². The van der Waals surface area contributed by atoms with Crippen LogP contribution in [0.3, 0.4) is 0 Å². The summed E-state index contributed by atoms with van der Waals surface area (Å²) in [7, 11) is 0. The second-order valence-electron chi connectivity index (χ2n) is 5.98. The lowest BCUT2D eigenvalue weighted by Crippen LogP contribution is -2.13. The Morgan fingerprint density at radius 3 is 2.62 bits per heavy atom. The Kier molecular flexibility index (Phi) is 4.59. The van der Waals surface area contributed by atoms with Crippen molar-refractivity contribution in [2.75, 3.05) is 0 Å². The van der Waals surface area contributed by atoms with Gasteiger partial charge in [-0.05, 0) is 40.8 Å². The number of imidazole rings is 1. The molecule has 0 saturated carbocycles. The summed E-state index contributed by atoms with van der Waals surface area (Å²) >= 11 is 1.73. The Balaban J connectivity index is 1.72. The predicted octanol–water partition coefficient (Wildman–Crippen LogP) is 4.44. The van der Waals surface area contributed by atoms with Crippen LogP contribution in [0.5, 0.6) is 0 Å². The standard InChI is InChI=1S/C21H16N4S/c22-12-17-7-5-16(6-8-17)11-19-14-24-15-25(19)21(20-4-2-10-26-20)18-3-1-9-23-13-18/h1-10,13-15,21H,11H2. The molecule has 0 amide bonds. The Labute approximate surface area is 156 Å². The van der Waals surface area contributed by atoms with Crippen LogP contribution >= 0.6 is 11.3 Å². The minimum Gasteiger partial charge on any atom is -0.322 e. The predicted molar refractivity (Wildman–Crippen MR) is 102 cm³/mol. The second-order valence-corrected chi connectivity index (χ2v) is 6.96. The monoisotopic (exact) mass is 356 g/mol. The number of hydrogen-bond acceptors (Lipinski definition) is 4. The summed E-state index contributed by atoms with van der Waals surface area (Å²) in [6, 6.07) is 18.2. The Morgan fingerprint density at radius 1 is 1.04 bits per heavy atom. The lowest BCUT2D eigenvalue weighted by molar-refractivity contribution is 0.657. The van der Waals surface area contributed by atoms with Crippen molar-refractivity contribution in [3.63, 3.8) is 0 Å². The van der Waals surface area contributed by atoms with Gasteiger partial charge in [0.15, 0.2) is 0 Å². The first-order chi connectivity index (χ1) is 12.8. The first-order valence-corrected chi connectivity index (χ1v) is 9.16. The largest absolute Gasteiger partial charge is 0.322 e. The van der Waals surface area contributed by atoms with E-state index in [4.69, 9.17) is 5.26 Å². The molecule has 0 bridgehead atoms. The van der Waals surface area contributed by atoms with Crippen molar-refractivity contribution < 1.29 is 0 Å². The van der Waals surface area contributed by atoms with Gasteiger partial charge >= 0.3 is 0 Å². The number of pyridine rings is 1. The van der Waals surface area contributed by atoms with E-state index in [1.807, 2.05) is 49.1 Å². The molecule has 26 heavy (non-hydrogen) atoms. The van der Waals surface area contributed by atoms with Crippen LogP contribution in [0.25, 0.3) is 0 Å². The van der Waals surface area contributed by atoms with Gasteiger partial charge in [-0.15, -0.1) is 11.3 Å². The van der Waals surface area contributed by atoms with Gasteiger partial charge in [0.05, 0.1) is 24.0 Å². The summed E-state index contributed by atoms with van der Waals surface area (Å²) < 4.78 is 2.21. The van der Waals surface area contributed by atoms with Crippen molar-refractivity contribution in [2.45, 2.75) is 12.5 Å². The van der Waals surface area contributed by atoms with Crippen molar-refractivity contribution >= 4 is 11.3 Å². The van der Waals surface area contributed by atoms with E-state index < -0.39 is 0 Å². The summed E-state index contributed by atoms with van der Waals surface area (Å²) in [4.78, 5) is 9.95. The summed E-state index contributed by atoms with van der Waals surface area (Å²) in [5.41, 5.74) is 4.09. The van der Waals surface area contributed by atoms with Gasteiger partial charge in [0.2, 0.25) is 0 Å². The van der Waals surface area contributed by atoms with E-state index in [1.165, 1.54) is 4.88 Å². The molecule has 3 aromatic heterocycles. The molecular weight excluding hydrogens is 340 g/mol. The summed E-state index contributed by atoms with van der Waals surface area (Å²) in [6.07, 6.45) is 8.26. The minimum absolute atomic E-state index is 0.0552. The first-order valence-electron chi connectivity index (χ1n) is 8.28. The van der Waals surface area contributed by atoms with E-state index in [0.29, 0.717) is 5.56 Å². The third-order valence-corrected chi connectivity index (χ3v) is 5.23. The van der Waals surface area contributed by atoms with E-state index in [9.17, 15) is 0 Å². The quantitative estimate of drug-likeness (QED) is 0.531. The molecule has 0 aliphatic carbocycles. The van der Waals surface area contributed by atoms with Gasteiger partial charge in [-0.25, -0.2) is 4.98 Å². The van der Waals surface area contributed by atoms with Crippen molar-refractivity contribution in [2.24, 2.45) is 0 Å². The molecule has 0 aliphatic heterocycles. The Morgan fingerprint density at radius 2 is 1.92 bits per heavy atom. The van der Waals surface area contributed by atoms with Crippen molar-refractivity contribution in [3.05, 3.63) is 106 Å². The normalized spacial score (nSPS) is 11.8. The maximum Gasteiger partial charge on any atom is 0.0991 e. The number of rotatable bonds is 5. The zero-order chi connectivity index (χ0) is 17.8. The second kappa shape index (κ2) is 7.34. The highest BCUT2D eigenvalue weighted by Crippen LogP contribution is 2.31. The summed E-state index contributed by atoms with van der Waals surface area (Å²) in [5, 5.41) is 11.1. The molecule has 4 nitrogen and oxygen atoms in total. The highest BCUT2D eigenvalue weighted by atomic mass is 32.1. The molecule has 3 heterocycles. The SMILES string of the molecule is N#Cc1ccc(Cc2cncn2C(c2cccnc2)c2cccs2)cc1. The van der Waals surface area contributed by atoms with Gasteiger partial charge < -0.3 is 4.57 Å². The van der Waals surface area contributed by atoms with Gasteiger partial charge in [-0.1, -0.05) is 24.3 Å². The Bertz CT molecular complexity index is 1010. The molecule has 1 atom stereocenters. The molecule has 4 aromatic rings. The highest BCUT2D eigenvalue weighted by Gasteiger charge is 2.20. The van der Waals surface area contributed by atoms with Gasteiger partial charge in [-0.2, -0.15) is 5.26 Å². The highest BCUT2D eigenvalue weighted by molar-refractivity contribution is 7.10. The molecular formula is C21H16N4S. The molecule has 1 aromatic carbocycles. The van der Waals surface area contributed by atoms with Crippen LogP contribution in [0.2, 0.25) is 0 Å². The molecule has 5 heteroatoms. The average Bonchev–Trinajstić information content (AvgIpc) is 3.37. The maximum absolute atomic E-state index is 8.96. The van der Waals surface area contributed by atoms with Crippen LogP contribution in [0.1, 0.15) is 33.3 Å². The maximum atomic E-state index is 8.96. The number of nitriles is 1. The van der Waals surface area contributed by atoms with Crippen LogP contribution in [0.15, 0.2) is 78.8 Å². The van der Waals surface area contributed by atoms with Crippen LogP contribution < -0.4 is 0 Å². The zero-order valence-electron chi connectivity index (χ0n) is 14.0. The van der Waals surface area contributed by atoms with E-state index in [0.717, 1.165) is 23.2 Å². The Hall–Kier alpha value is -3.23. The van der Waals surface area contributed by atoms with Gasteiger partial charge in [0.1, 0.15) is 0 Å². The van der Waals surface area contributed by atoms with Crippen LogP contribution in [0.4, 0.5) is 0 Å². The van der Waals surface area contributed by atoms with Gasteiger partial charge in [-0.3, -0.25) is 4.98 Å². The molecule has 0 radical (unpaired) electrons. The average molecular weight is 356 g/mol. The van der Waals surface area contributed by atoms with Crippen LogP contribution in [0, 0.1) is 11.3 Å². The van der Waals surface area contributed by atoms with E-state index >= 15 is 0 Å². The number of benzene rings is 1. The molecule has 0 spiro atoms. The summed E-state index contributed by atoms with van der Waals surface area (Å²) in [5.74, 6) is 0. The van der Waals surface area contributed by atoms with E-state index in [-0.39, 0.29) is 6.04 Å². The fraction of sp³-hybridized carbons (Fsp3) is 0.0952. The lowest BCUT2D eigenvalue weighted by atomic mass is 10.0. The van der Waals surface area contributed by atoms with Crippen LogP contribution in [-0.2, 0) is 6.42 Å². The fourth-order valence-electron chi connectivity index (χ4n) is 3.05. The molecule has 0 fully saturated rings. The number of nitrogens with zero attached hydrogens (tertiary/aromatic N) is 4. The number of hydrogen-bond donors (Lipinski definition) is 0. The zero-order valence-corrected chi connectivity index (χ0v) is 14.8. The molecule has 0 saturated heterocycles. The van der Waals surface area contributed by atoms with Gasteiger partial charge in [0, 0.05) is 35.6 Å². The van der Waals surface area contributed by atoms with Crippen molar-refractivity contribution in [3.8, 4) is 6.07 Å². The van der Waals surface area contributed by atoms with E-state index in [1.54, 1.807) is 17.5 Å². The van der Waals surface area contributed by atoms with E-state index in [2.05, 4.69) is 44.2 Å². The number of thiophene rings is 1. The smallest absolute Gasteiger partial charge is 0.0991 e. The topological polar surface area (TPSA) is 54.5 Å². The third kappa shape index (κ3) is 3.28. The third-order valence-electron chi connectivity index (χ3n) is 4.31. The fourth-order valence-corrected chi connectivity index (χ4v) is 3.90. The number of aromatic nitrogens is 3. The molecule has 126 valence electrons. The van der Waals surface area contributed by atoms with Crippen LogP contribution in [-0.4, -0.2) is 14.5 Å². The first kappa shape index (κ1) is 16.2. The molecule has 0 aliphatic rings. The lowest BCUT2D eigenvalue weighted by Gasteiger charge is -2.20. The minimum atomic E-state index is 0.0552.